The van der Waals surface area contributed by atoms with E-state index in [-0.39, 0.29) is 50.1 Å². The summed E-state index contributed by atoms with van der Waals surface area (Å²) >= 11 is 0. The third-order valence-corrected chi connectivity index (χ3v) is 9.04. The van der Waals surface area contributed by atoms with Gasteiger partial charge in [-0.2, -0.15) is 0 Å². The maximum atomic E-state index is 13.2. The maximum Gasteiger partial charge on any atom is 0.378 e. The Kier molecular flexibility index (Phi) is 16.0. The molecule has 2 aromatic heterocycles. The summed E-state index contributed by atoms with van der Waals surface area (Å²) < 4.78 is 53.0. The van der Waals surface area contributed by atoms with Crippen LogP contribution in [0.25, 0.3) is 5.76 Å². The lowest BCUT2D eigenvalue weighted by molar-refractivity contribution is -0.149. The molecular weight excluding hydrogens is 744 g/mol. The second-order valence-electron chi connectivity index (χ2n) is 13.7. The van der Waals surface area contributed by atoms with Gasteiger partial charge in [-0.25, -0.2) is 13.6 Å². The number of esters is 1. The van der Waals surface area contributed by atoms with Crippen molar-refractivity contribution in [2.24, 2.45) is 0 Å². The Hall–Kier alpha value is -5.86. The fourth-order valence-corrected chi connectivity index (χ4v) is 5.33. The first-order valence-electron chi connectivity index (χ1n) is 16.9. The van der Waals surface area contributed by atoms with E-state index in [0.717, 1.165) is 24.3 Å². The van der Waals surface area contributed by atoms with Gasteiger partial charge in [0.25, 0.3) is 11.7 Å². The molecule has 14 heteroatoms. The number of rotatable bonds is 13. The predicted molar refractivity (Wildman–Crippen MR) is 209 cm³/mol. The summed E-state index contributed by atoms with van der Waals surface area (Å²) in [7, 11) is 5.61. The average Bonchev–Trinajstić information content (AvgIpc) is 3.86. The van der Waals surface area contributed by atoms with Gasteiger partial charge in [0.15, 0.2) is 23.0 Å². The van der Waals surface area contributed by atoms with Crippen LogP contribution in [0.15, 0.2) is 86.9 Å². The molecule has 0 bridgehead atoms. The van der Waals surface area contributed by atoms with Gasteiger partial charge in [0.2, 0.25) is 5.78 Å². The number of nitrogens with zero attached hydrogens (tertiary/aromatic N) is 1. The Morgan fingerprint density at radius 1 is 0.789 bits per heavy atom. The molecule has 0 unspecified atom stereocenters. The number of hydrogen-bond donors (Lipinski definition) is 2. The number of methoxy groups -OCH3 is 3. The van der Waals surface area contributed by atoms with Crippen molar-refractivity contribution in [1.82, 2.24) is 4.90 Å². The van der Waals surface area contributed by atoms with Crippen molar-refractivity contribution in [3.8, 4) is 0 Å². The molecule has 0 spiro atoms. The van der Waals surface area contributed by atoms with E-state index in [4.69, 9.17) is 18.3 Å². The highest BCUT2D eigenvalue weighted by molar-refractivity contribution is 6.39. The molecule has 1 amide bonds. The maximum absolute atomic E-state index is 13.2. The summed E-state index contributed by atoms with van der Waals surface area (Å²) in [6.45, 7) is 7.15. The average molecular weight is 796 g/mol. The highest BCUT2D eigenvalue weighted by atomic mass is 19.1. The number of amides is 1. The van der Waals surface area contributed by atoms with E-state index in [1.807, 2.05) is 0 Å². The van der Waals surface area contributed by atoms with Gasteiger partial charge in [0.05, 0.1) is 19.2 Å². The monoisotopic (exact) mass is 795 g/mol. The van der Waals surface area contributed by atoms with Crippen LogP contribution < -0.4 is 0 Å². The normalized spacial score (nSPS) is 13.1. The summed E-state index contributed by atoms with van der Waals surface area (Å²) in [6.07, 6.45) is 1.37. The van der Waals surface area contributed by atoms with Crippen LogP contribution in [0, 0.1) is 11.6 Å². The van der Waals surface area contributed by atoms with E-state index in [0.29, 0.717) is 35.5 Å². The number of hydrogen-bond acceptors (Lipinski definition) is 11. The standard InChI is InChI=1S/C21H22FNO5.C20H21FO6.2CH4/c1-21(2,27-4)16-10-13(9-12-5-7-14(22)8-6-12)19(28-16)17(24)15-11-23(3)20(26)18(15)25;1-20(2,26-4)17-10-13(9-12-5-7-14(21)8-6-12)18(27-17)15(22)11-16(23)19(24)25-3;;/h5-8,10,25H,9,11H2,1-4H3;5-8,10-11,22H,9H2,1-4H3;2*1H4. The Morgan fingerprint density at radius 2 is 1.21 bits per heavy atom. The number of carbonyl (C=O) groups excluding carboxylic acids is 4. The number of furan rings is 2. The Balaban J connectivity index is 0.000000380. The predicted octanol–water partition coefficient (Wildman–Crippen LogP) is 8.16. The number of ketones is 2. The molecule has 308 valence electrons. The first-order valence-corrected chi connectivity index (χ1v) is 16.9. The smallest absolute Gasteiger partial charge is 0.378 e. The van der Waals surface area contributed by atoms with Crippen LogP contribution >= 0.6 is 0 Å². The molecule has 2 N–H and O–H groups in total. The summed E-state index contributed by atoms with van der Waals surface area (Å²) in [5.41, 5.74) is 1.09. The van der Waals surface area contributed by atoms with E-state index in [9.17, 15) is 38.2 Å². The van der Waals surface area contributed by atoms with Crippen LogP contribution in [0.3, 0.4) is 0 Å². The lowest BCUT2D eigenvalue weighted by Crippen LogP contribution is -2.22. The number of benzene rings is 2. The molecule has 1 aliphatic heterocycles. The van der Waals surface area contributed by atoms with Crippen molar-refractivity contribution in [2.45, 2.75) is 66.6 Å². The molecule has 0 saturated heterocycles. The number of ether oxygens (including phenoxy) is 3. The molecule has 3 heterocycles. The van der Waals surface area contributed by atoms with Gasteiger partial charge < -0.3 is 38.2 Å². The van der Waals surface area contributed by atoms with E-state index >= 15 is 0 Å². The highest BCUT2D eigenvalue weighted by Crippen LogP contribution is 2.34. The third-order valence-electron chi connectivity index (χ3n) is 9.04. The van der Waals surface area contributed by atoms with Crippen molar-refractivity contribution in [2.75, 3.05) is 34.9 Å². The lowest BCUT2D eigenvalue weighted by atomic mass is 9.99. The zero-order valence-corrected chi connectivity index (χ0v) is 31.7. The molecule has 5 rings (SSSR count). The first kappa shape index (κ1) is 47.3. The zero-order chi connectivity index (χ0) is 40.8. The highest BCUT2D eigenvalue weighted by Gasteiger charge is 2.36. The van der Waals surface area contributed by atoms with E-state index in [2.05, 4.69) is 4.74 Å². The van der Waals surface area contributed by atoms with E-state index in [1.54, 1.807) is 64.1 Å². The van der Waals surface area contributed by atoms with Gasteiger partial charge in [-0.05, 0) is 75.2 Å². The van der Waals surface area contributed by atoms with Crippen LogP contribution in [0.5, 0.6) is 0 Å². The Labute approximate surface area is 331 Å². The fraction of sp³-hybridized carbons (Fsp3) is 0.349. The Morgan fingerprint density at radius 3 is 1.60 bits per heavy atom. The summed E-state index contributed by atoms with van der Waals surface area (Å²) in [4.78, 5) is 49.1. The first-order chi connectivity index (χ1) is 25.8. The van der Waals surface area contributed by atoms with Crippen LogP contribution in [0.1, 0.15) is 92.6 Å². The molecule has 0 radical (unpaired) electrons. The number of likely N-dealkylation sites (N-methyl/N-ethyl adjacent to an activating group) is 1. The molecule has 0 atom stereocenters. The fourth-order valence-electron chi connectivity index (χ4n) is 5.33. The van der Waals surface area contributed by atoms with Crippen LogP contribution in [0.4, 0.5) is 8.78 Å². The topological polar surface area (TPSA) is 166 Å². The number of halogens is 2. The minimum atomic E-state index is -1.11. The van der Waals surface area contributed by atoms with Crippen LogP contribution in [-0.4, -0.2) is 73.5 Å². The summed E-state index contributed by atoms with van der Waals surface area (Å²) in [6, 6.07) is 15.2. The molecular formula is C43H51F2NO11. The molecule has 12 nitrogen and oxygen atoms in total. The number of carbonyl (C=O) groups is 4. The van der Waals surface area contributed by atoms with Gasteiger partial charge in [0.1, 0.15) is 34.4 Å². The molecule has 0 fully saturated rings. The van der Waals surface area contributed by atoms with Gasteiger partial charge >= 0.3 is 5.97 Å². The SMILES string of the molecule is C.C.COC(=O)C(=O)C=C(O)c1oc(C(C)(C)OC)cc1Cc1ccc(F)cc1.COC(C)(C)c1cc(Cc2ccc(F)cc2)c(C(=O)C2=C(O)C(=O)N(C)C2)o1. The zero-order valence-electron chi connectivity index (χ0n) is 31.7. The lowest BCUT2D eigenvalue weighted by Gasteiger charge is -2.19. The van der Waals surface area contributed by atoms with Gasteiger partial charge in [-0.1, -0.05) is 39.1 Å². The number of aliphatic hydroxyl groups is 2. The summed E-state index contributed by atoms with van der Waals surface area (Å²) in [5, 5.41) is 20.4. The second kappa shape index (κ2) is 19.3. The quantitative estimate of drug-likeness (QED) is 0.0441. The van der Waals surface area contributed by atoms with Gasteiger partial charge in [0, 0.05) is 51.3 Å². The van der Waals surface area contributed by atoms with Crippen molar-refractivity contribution < 1.29 is 61.2 Å². The minimum absolute atomic E-state index is 0. The van der Waals surface area contributed by atoms with E-state index < -0.39 is 46.2 Å². The minimum Gasteiger partial charge on any atom is -0.504 e. The molecule has 4 aromatic rings. The number of Topliss-reactive ketones (excluding diaryl/α,β-unsaturated/α-hetero) is 1. The molecule has 57 heavy (non-hydrogen) atoms. The molecule has 1 aliphatic rings. The van der Waals surface area contributed by atoms with Crippen molar-refractivity contribution >= 4 is 29.2 Å². The van der Waals surface area contributed by atoms with Crippen LogP contribution in [0.2, 0.25) is 0 Å². The third kappa shape index (κ3) is 11.1. The largest absolute Gasteiger partial charge is 0.504 e. The number of aliphatic hydroxyl groups excluding tert-OH is 2. The van der Waals surface area contributed by atoms with E-state index in [1.165, 1.54) is 50.4 Å². The second-order valence-corrected chi connectivity index (χ2v) is 13.7. The van der Waals surface area contributed by atoms with Crippen LogP contribution in [-0.2, 0) is 52.6 Å². The Bertz CT molecular complexity index is 2120. The molecule has 0 aliphatic carbocycles. The van der Waals surface area contributed by atoms with Crippen molar-refractivity contribution in [3.05, 3.63) is 135 Å². The van der Waals surface area contributed by atoms with Crippen molar-refractivity contribution in [3.63, 3.8) is 0 Å². The van der Waals surface area contributed by atoms with Gasteiger partial charge in [-0.3, -0.25) is 14.4 Å². The summed E-state index contributed by atoms with van der Waals surface area (Å²) in [5.74, 6) is -4.16. The molecule has 2 aromatic carbocycles. The molecule has 0 saturated carbocycles. The van der Waals surface area contributed by atoms with Gasteiger partial charge in [-0.15, -0.1) is 0 Å². The van der Waals surface area contributed by atoms with Crippen molar-refractivity contribution in [1.29, 1.82) is 0 Å².